The lowest BCUT2D eigenvalue weighted by atomic mass is 10.1. The van der Waals surface area contributed by atoms with Crippen molar-refractivity contribution in [2.24, 2.45) is 0 Å². The highest BCUT2D eigenvalue weighted by Gasteiger charge is 2.27. The van der Waals surface area contributed by atoms with E-state index in [0.717, 1.165) is 5.57 Å². The van der Waals surface area contributed by atoms with Crippen LogP contribution in [0.3, 0.4) is 0 Å². The Bertz CT molecular complexity index is 834. The molecule has 0 aromatic heterocycles. The Hall–Kier alpha value is -2.66. The van der Waals surface area contributed by atoms with Gasteiger partial charge in [-0.25, -0.2) is 0 Å². The van der Waals surface area contributed by atoms with Crippen LogP contribution in [0.5, 0.6) is 17.2 Å². The predicted octanol–water partition coefficient (Wildman–Crippen LogP) is 4.12. The van der Waals surface area contributed by atoms with Crippen LogP contribution in [0, 0.1) is 0 Å². The minimum absolute atomic E-state index is 0.204. The van der Waals surface area contributed by atoms with Gasteiger partial charge in [0.15, 0.2) is 17.7 Å². The van der Waals surface area contributed by atoms with E-state index in [4.69, 9.17) is 25.8 Å². The van der Waals surface area contributed by atoms with E-state index in [1.807, 2.05) is 13.0 Å². The summed E-state index contributed by atoms with van der Waals surface area (Å²) in [5.41, 5.74) is 2.02. The summed E-state index contributed by atoms with van der Waals surface area (Å²) in [6.45, 7) is 5.99. The van der Waals surface area contributed by atoms with Crippen molar-refractivity contribution >= 4 is 17.5 Å². The first-order chi connectivity index (χ1) is 12.0. The third-order valence-electron chi connectivity index (χ3n) is 3.66. The van der Waals surface area contributed by atoms with E-state index < -0.39 is 6.23 Å². The van der Waals surface area contributed by atoms with Crippen molar-refractivity contribution in [2.45, 2.75) is 13.2 Å². The van der Waals surface area contributed by atoms with E-state index in [-0.39, 0.29) is 5.91 Å². The topological polar surface area (TPSA) is 56.8 Å². The zero-order valence-corrected chi connectivity index (χ0v) is 14.7. The van der Waals surface area contributed by atoms with Crippen molar-refractivity contribution in [2.75, 3.05) is 13.7 Å². The highest BCUT2D eigenvalue weighted by Crippen LogP contribution is 2.39. The van der Waals surface area contributed by atoms with Crippen molar-refractivity contribution in [3.63, 3.8) is 0 Å². The molecule has 1 heterocycles. The molecule has 3 rings (SSSR count). The third kappa shape index (κ3) is 3.56. The van der Waals surface area contributed by atoms with Crippen LogP contribution in [0.25, 0.3) is 0 Å². The van der Waals surface area contributed by atoms with Crippen molar-refractivity contribution < 1.29 is 19.0 Å². The van der Waals surface area contributed by atoms with Crippen LogP contribution < -0.4 is 19.5 Å². The van der Waals surface area contributed by atoms with Crippen LogP contribution in [0.4, 0.5) is 0 Å². The Kier molecular flexibility index (Phi) is 4.86. The third-order valence-corrected chi connectivity index (χ3v) is 3.94. The molecule has 5 nitrogen and oxygen atoms in total. The number of benzene rings is 2. The summed E-state index contributed by atoms with van der Waals surface area (Å²) in [6, 6.07) is 10.5. The van der Waals surface area contributed by atoms with Gasteiger partial charge >= 0.3 is 0 Å². The molecule has 130 valence electrons. The van der Waals surface area contributed by atoms with Crippen molar-refractivity contribution in [1.29, 1.82) is 0 Å². The molecule has 0 radical (unpaired) electrons. The summed E-state index contributed by atoms with van der Waals surface area (Å²) in [4.78, 5) is 12.3. The van der Waals surface area contributed by atoms with Gasteiger partial charge in [0.2, 0.25) is 0 Å². The smallest absolute Gasteiger partial charge is 0.258 e. The monoisotopic (exact) mass is 359 g/mol. The van der Waals surface area contributed by atoms with Gasteiger partial charge in [0.25, 0.3) is 5.91 Å². The Morgan fingerprint density at radius 3 is 2.84 bits per heavy atom. The number of hydrogen-bond donors (Lipinski definition) is 1. The van der Waals surface area contributed by atoms with Gasteiger partial charge in [0, 0.05) is 5.56 Å². The number of amides is 1. The molecule has 0 aliphatic carbocycles. The average molecular weight is 360 g/mol. The SMILES string of the molecule is C=C(C)COc1c(Cl)cc([C@@H]2NC(=O)c3ccccc3O2)cc1OC. The fourth-order valence-corrected chi connectivity index (χ4v) is 2.76. The first kappa shape index (κ1) is 17.2. The number of rotatable bonds is 5. The van der Waals surface area contributed by atoms with Gasteiger partial charge < -0.3 is 19.5 Å². The molecule has 1 aliphatic rings. The Balaban J connectivity index is 1.92. The molecular formula is C19H18ClNO4. The fraction of sp³-hybridized carbons (Fsp3) is 0.211. The average Bonchev–Trinajstić information content (AvgIpc) is 2.59. The lowest BCUT2D eigenvalue weighted by Crippen LogP contribution is -2.36. The molecule has 1 aliphatic heterocycles. The van der Waals surface area contributed by atoms with Crippen molar-refractivity contribution in [1.82, 2.24) is 5.32 Å². The van der Waals surface area contributed by atoms with Crippen molar-refractivity contribution in [3.05, 3.63) is 64.7 Å². The van der Waals surface area contributed by atoms with Crippen LogP contribution in [0.1, 0.15) is 29.1 Å². The van der Waals surface area contributed by atoms with Gasteiger partial charge in [-0.05, 0) is 36.8 Å². The van der Waals surface area contributed by atoms with E-state index in [1.165, 1.54) is 7.11 Å². The number of nitrogens with one attached hydrogen (secondary N) is 1. The van der Waals surface area contributed by atoms with Gasteiger partial charge in [-0.1, -0.05) is 30.3 Å². The highest BCUT2D eigenvalue weighted by molar-refractivity contribution is 6.32. The molecule has 0 unspecified atom stereocenters. The molecule has 1 amide bonds. The minimum atomic E-state index is -0.663. The molecule has 0 saturated heterocycles. The van der Waals surface area contributed by atoms with Crippen LogP contribution in [-0.4, -0.2) is 19.6 Å². The number of ether oxygens (including phenoxy) is 3. The maximum Gasteiger partial charge on any atom is 0.258 e. The maximum atomic E-state index is 12.3. The number of para-hydroxylation sites is 1. The van der Waals surface area contributed by atoms with Crippen LogP contribution >= 0.6 is 11.6 Å². The molecule has 1 N–H and O–H groups in total. The number of carbonyl (C=O) groups is 1. The Morgan fingerprint density at radius 2 is 2.12 bits per heavy atom. The normalized spacial score (nSPS) is 15.6. The van der Waals surface area contributed by atoms with E-state index in [1.54, 1.807) is 30.3 Å². The van der Waals surface area contributed by atoms with Crippen LogP contribution in [0.2, 0.25) is 5.02 Å². The van der Waals surface area contributed by atoms with Gasteiger partial charge in [0.05, 0.1) is 17.7 Å². The van der Waals surface area contributed by atoms with E-state index >= 15 is 0 Å². The van der Waals surface area contributed by atoms with Gasteiger partial charge in [-0.15, -0.1) is 0 Å². The molecule has 0 spiro atoms. The summed E-state index contributed by atoms with van der Waals surface area (Å²) in [5, 5.41) is 3.17. The summed E-state index contributed by atoms with van der Waals surface area (Å²) in [5.74, 6) is 1.21. The van der Waals surface area contributed by atoms with Gasteiger partial charge in [-0.3, -0.25) is 4.79 Å². The van der Waals surface area contributed by atoms with E-state index in [2.05, 4.69) is 11.9 Å². The lowest BCUT2D eigenvalue weighted by molar-refractivity contribution is 0.0755. The molecule has 0 saturated carbocycles. The Morgan fingerprint density at radius 1 is 1.36 bits per heavy atom. The maximum absolute atomic E-state index is 12.3. The number of hydrogen-bond acceptors (Lipinski definition) is 4. The second kappa shape index (κ2) is 7.07. The number of carbonyl (C=O) groups excluding carboxylic acids is 1. The zero-order chi connectivity index (χ0) is 18.0. The molecule has 0 bridgehead atoms. The van der Waals surface area contributed by atoms with E-state index in [9.17, 15) is 4.79 Å². The van der Waals surface area contributed by atoms with Crippen LogP contribution in [-0.2, 0) is 0 Å². The van der Waals surface area contributed by atoms with Crippen LogP contribution in [0.15, 0.2) is 48.6 Å². The molecular weight excluding hydrogens is 342 g/mol. The summed E-state index contributed by atoms with van der Waals surface area (Å²) in [7, 11) is 1.53. The second-order valence-corrected chi connectivity index (χ2v) is 6.15. The molecule has 2 aromatic carbocycles. The summed E-state index contributed by atoms with van der Waals surface area (Å²) in [6.07, 6.45) is -0.663. The zero-order valence-electron chi connectivity index (χ0n) is 14.0. The lowest BCUT2D eigenvalue weighted by Gasteiger charge is -2.27. The quantitative estimate of drug-likeness (QED) is 0.816. The van der Waals surface area contributed by atoms with Gasteiger partial charge in [-0.2, -0.15) is 0 Å². The fourth-order valence-electron chi connectivity index (χ4n) is 2.49. The molecule has 1 atom stereocenters. The number of methoxy groups -OCH3 is 1. The Labute approximate surface area is 151 Å². The van der Waals surface area contributed by atoms with E-state index in [0.29, 0.717) is 40.0 Å². The first-order valence-corrected chi connectivity index (χ1v) is 8.08. The first-order valence-electron chi connectivity index (χ1n) is 7.70. The standard InChI is InChI=1S/C19H18ClNO4/c1-11(2)10-24-17-14(20)8-12(9-16(17)23-3)19-21-18(22)13-6-4-5-7-15(13)25-19/h4-9,19H,1,10H2,2-3H3,(H,21,22)/t19-/m1/s1. The largest absolute Gasteiger partial charge is 0.493 e. The summed E-state index contributed by atoms with van der Waals surface area (Å²) >= 11 is 6.35. The number of halogens is 1. The minimum Gasteiger partial charge on any atom is -0.493 e. The molecule has 6 heteroatoms. The second-order valence-electron chi connectivity index (χ2n) is 5.75. The molecule has 25 heavy (non-hydrogen) atoms. The molecule has 0 fully saturated rings. The molecule has 2 aromatic rings. The number of fused-ring (bicyclic) bond motifs is 1. The summed E-state index contributed by atoms with van der Waals surface area (Å²) < 4.78 is 16.9. The van der Waals surface area contributed by atoms with Crippen molar-refractivity contribution in [3.8, 4) is 17.2 Å². The highest BCUT2D eigenvalue weighted by atomic mass is 35.5. The predicted molar refractivity (Wildman–Crippen MR) is 95.6 cm³/mol. The van der Waals surface area contributed by atoms with Gasteiger partial charge in [0.1, 0.15) is 12.4 Å².